The standard InChI is InChI=1S/C21H36N4/c1-6-22-21(24(5)16-20-12-8-7-10-18(20)4)23-14-19-11-9-13-25(15-19)17(2)3/h7-8,10,12,17,19H,6,9,11,13-16H2,1-5H3,(H,22,23). The molecule has 0 bridgehead atoms. The summed E-state index contributed by atoms with van der Waals surface area (Å²) in [5.74, 6) is 1.70. The Labute approximate surface area is 154 Å². The molecule has 1 heterocycles. The van der Waals surface area contributed by atoms with Crippen LogP contribution in [-0.4, -0.2) is 55.0 Å². The van der Waals surface area contributed by atoms with Gasteiger partial charge in [0.1, 0.15) is 0 Å². The van der Waals surface area contributed by atoms with Crippen molar-refractivity contribution >= 4 is 5.96 Å². The maximum atomic E-state index is 4.96. The van der Waals surface area contributed by atoms with E-state index in [1.54, 1.807) is 0 Å². The molecule has 140 valence electrons. The molecule has 1 atom stereocenters. The van der Waals surface area contributed by atoms with Crippen LogP contribution in [0.4, 0.5) is 0 Å². The smallest absolute Gasteiger partial charge is 0.193 e. The summed E-state index contributed by atoms with van der Waals surface area (Å²) in [4.78, 5) is 9.80. The molecule has 0 aromatic heterocycles. The highest BCUT2D eigenvalue weighted by molar-refractivity contribution is 5.79. The molecule has 1 N–H and O–H groups in total. The van der Waals surface area contributed by atoms with Gasteiger partial charge >= 0.3 is 0 Å². The van der Waals surface area contributed by atoms with Crippen molar-refractivity contribution in [1.29, 1.82) is 0 Å². The van der Waals surface area contributed by atoms with Crippen molar-refractivity contribution in [3.8, 4) is 0 Å². The van der Waals surface area contributed by atoms with Gasteiger partial charge in [0.25, 0.3) is 0 Å². The Kier molecular flexibility index (Phi) is 7.76. The summed E-state index contributed by atoms with van der Waals surface area (Å²) in [7, 11) is 2.13. The Morgan fingerprint density at radius 1 is 1.36 bits per heavy atom. The van der Waals surface area contributed by atoms with E-state index in [0.717, 1.165) is 25.6 Å². The minimum atomic E-state index is 0.642. The fourth-order valence-corrected chi connectivity index (χ4v) is 3.52. The van der Waals surface area contributed by atoms with Gasteiger partial charge in [-0.1, -0.05) is 24.3 Å². The second kappa shape index (κ2) is 9.81. The summed E-state index contributed by atoms with van der Waals surface area (Å²) in [5.41, 5.74) is 2.70. The molecule has 0 spiro atoms. The van der Waals surface area contributed by atoms with Crippen LogP contribution in [0, 0.1) is 12.8 Å². The van der Waals surface area contributed by atoms with Gasteiger partial charge < -0.3 is 15.1 Å². The molecule has 1 unspecified atom stereocenters. The van der Waals surface area contributed by atoms with Gasteiger partial charge in [-0.3, -0.25) is 4.99 Å². The summed E-state index contributed by atoms with van der Waals surface area (Å²) in [6.07, 6.45) is 2.60. The van der Waals surface area contributed by atoms with E-state index in [-0.39, 0.29) is 0 Å². The fourth-order valence-electron chi connectivity index (χ4n) is 3.52. The lowest BCUT2D eigenvalue weighted by molar-refractivity contribution is 0.143. The molecule has 1 saturated heterocycles. The number of aryl methyl sites for hydroxylation is 1. The minimum absolute atomic E-state index is 0.642. The Balaban J connectivity index is 1.98. The predicted molar refractivity (Wildman–Crippen MR) is 108 cm³/mol. The Morgan fingerprint density at radius 3 is 2.80 bits per heavy atom. The number of likely N-dealkylation sites (tertiary alicyclic amines) is 1. The van der Waals surface area contributed by atoms with Crippen molar-refractivity contribution in [3.05, 3.63) is 35.4 Å². The number of rotatable bonds is 6. The average molecular weight is 345 g/mol. The van der Waals surface area contributed by atoms with E-state index in [1.807, 2.05) is 0 Å². The first-order valence-electron chi connectivity index (χ1n) is 9.79. The molecule has 4 heteroatoms. The number of guanidine groups is 1. The van der Waals surface area contributed by atoms with Crippen LogP contribution in [0.5, 0.6) is 0 Å². The zero-order valence-electron chi connectivity index (χ0n) is 16.8. The van der Waals surface area contributed by atoms with Gasteiger partial charge in [0.15, 0.2) is 5.96 Å². The average Bonchev–Trinajstić information content (AvgIpc) is 2.60. The molecule has 0 radical (unpaired) electrons. The van der Waals surface area contributed by atoms with Gasteiger partial charge in [-0.15, -0.1) is 0 Å². The fraction of sp³-hybridized carbons (Fsp3) is 0.667. The van der Waals surface area contributed by atoms with Crippen molar-refractivity contribution < 1.29 is 0 Å². The molecular weight excluding hydrogens is 308 g/mol. The van der Waals surface area contributed by atoms with Crippen molar-refractivity contribution in [2.45, 2.75) is 53.1 Å². The molecule has 1 fully saturated rings. The lowest BCUT2D eigenvalue weighted by atomic mass is 9.97. The summed E-state index contributed by atoms with van der Waals surface area (Å²) >= 11 is 0. The van der Waals surface area contributed by atoms with Gasteiger partial charge in [-0.25, -0.2) is 0 Å². The molecule has 2 rings (SSSR count). The van der Waals surface area contributed by atoms with E-state index in [9.17, 15) is 0 Å². The molecule has 25 heavy (non-hydrogen) atoms. The molecule has 1 aromatic rings. The number of hydrogen-bond acceptors (Lipinski definition) is 2. The Bertz CT molecular complexity index is 553. The maximum absolute atomic E-state index is 4.96. The lowest BCUT2D eigenvalue weighted by Crippen LogP contribution is -2.42. The first-order valence-corrected chi connectivity index (χ1v) is 9.79. The summed E-state index contributed by atoms with van der Waals surface area (Å²) < 4.78 is 0. The topological polar surface area (TPSA) is 30.9 Å². The van der Waals surface area contributed by atoms with Crippen molar-refractivity contribution in [2.75, 3.05) is 33.2 Å². The molecule has 1 aliphatic heterocycles. The number of nitrogens with zero attached hydrogens (tertiary/aromatic N) is 3. The van der Waals surface area contributed by atoms with Crippen LogP contribution in [0.1, 0.15) is 44.7 Å². The van der Waals surface area contributed by atoms with Crippen LogP contribution in [0.2, 0.25) is 0 Å². The van der Waals surface area contributed by atoms with Crippen LogP contribution < -0.4 is 5.32 Å². The van der Waals surface area contributed by atoms with E-state index in [1.165, 1.54) is 37.1 Å². The van der Waals surface area contributed by atoms with Gasteiger partial charge in [-0.2, -0.15) is 0 Å². The van der Waals surface area contributed by atoms with E-state index in [4.69, 9.17) is 4.99 Å². The van der Waals surface area contributed by atoms with Gasteiger partial charge in [0.05, 0.1) is 0 Å². The highest BCUT2D eigenvalue weighted by Crippen LogP contribution is 2.19. The molecule has 4 nitrogen and oxygen atoms in total. The van der Waals surface area contributed by atoms with Gasteiger partial charge in [-0.05, 0) is 64.1 Å². The monoisotopic (exact) mass is 344 g/mol. The summed E-state index contributed by atoms with van der Waals surface area (Å²) in [6.45, 7) is 14.0. The third-order valence-electron chi connectivity index (χ3n) is 5.15. The quantitative estimate of drug-likeness (QED) is 0.633. The van der Waals surface area contributed by atoms with E-state index < -0.39 is 0 Å². The normalized spacial score (nSPS) is 19.3. The first kappa shape index (κ1) is 19.8. The molecular formula is C21H36N4. The van der Waals surface area contributed by atoms with E-state index >= 15 is 0 Å². The van der Waals surface area contributed by atoms with Crippen LogP contribution >= 0.6 is 0 Å². The number of aliphatic imine (C=N–C) groups is 1. The third kappa shape index (κ3) is 6.03. The molecule has 0 amide bonds. The molecule has 1 aliphatic rings. The first-order chi connectivity index (χ1) is 12.0. The molecule has 1 aromatic carbocycles. The molecule has 0 saturated carbocycles. The Hall–Kier alpha value is -1.55. The van der Waals surface area contributed by atoms with Gasteiger partial charge in [0, 0.05) is 39.3 Å². The van der Waals surface area contributed by atoms with Crippen molar-refractivity contribution in [3.63, 3.8) is 0 Å². The van der Waals surface area contributed by atoms with Crippen molar-refractivity contribution in [2.24, 2.45) is 10.9 Å². The zero-order chi connectivity index (χ0) is 18.2. The maximum Gasteiger partial charge on any atom is 0.193 e. The molecule has 0 aliphatic carbocycles. The van der Waals surface area contributed by atoms with Crippen molar-refractivity contribution in [1.82, 2.24) is 15.1 Å². The summed E-state index contributed by atoms with van der Waals surface area (Å²) in [6, 6.07) is 9.24. The van der Waals surface area contributed by atoms with Crippen LogP contribution in [0.25, 0.3) is 0 Å². The lowest BCUT2D eigenvalue weighted by Gasteiger charge is -2.35. The van der Waals surface area contributed by atoms with Crippen LogP contribution in [-0.2, 0) is 6.54 Å². The third-order valence-corrected chi connectivity index (χ3v) is 5.15. The van der Waals surface area contributed by atoms with Crippen LogP contribution in [0.3, 0.4) is 0 Å². The number of nitrogens with one attached hydrogen (secondary N) is 1. The van der Waals surface area contributed by atoms with Gasteiger partial charge in [0.2, 0.25) is 0 Å². The number of piperidine rings is 1. The minimum Gasteiger partial charge on any atom is -0.357 e. The zero-order valence-corrected chi connectivity index (χ0v) is 16.8. The SMILES string of the molecule is CCNC(=NCC1CCCN(C(C)C)C1)N(C)Cc1ccccc1C. The largest absolute Gasteiger partial charge is 0.357 e. The Morgan fingerprint density at radius 2 is 2.12 bits per heavy atom. The second-order valence-corrected chi connectivity index (χ2v) is 7.57. The summed E-state index contributed by atoms with van der Waals surface area (Å²) in [5, 5.41) is 3.46. The number of benzene rings is 1. The highest BCUT2D eigenvalue weighted by atomic mass is 15.3. The van der Waals surface area contributed by atoms with E-state index in [0.29, 0.717) is 12.0 Å². The van der Waals surface area contributed by atoms with Crippen LogP contribution in [0.15, 0.2) is 29.3 Å². The highest BCUT2D eigenvalue weighted by Gasteiger charge is 2.21. The predicted octanol–water partition coefficient (Wildman–Crippen LogP) is 3.51. The number of hydrogen-bond donors (Lipinski definition) is 1. The second-order valence-electron chi connectivity index (χ2n) is 7.57. The van der Waals surface area contributed by atoms with E-state index in [2.05, 4.69) is 74.1 Å².